The fourth-order valence-corrected chi connectivity index (χ4v) is 4.58. The summed E-state index contributed by atoms with van der Waals surface area (Å²) in [6.07, 6.45) is 0.293. The topological polar surface area (TPSA) is 31.2 Å². The fourth-order valence-electron chi connectivity index (χ4n) is 4.58. The molecule has 0 amide bonds. The molecule has 32 heavy (non-hydrogen) atoms. The van der Waals surface area contributed by atoms with Gasteiger partial charge in [0.15, 0.2) is 5.78 Å². The average Bonchev–Trinajstić information content (AvgIpc) is 3.10. The molecular weight excluding hydrogens is 401 g/mol. The van der Waals surface area contributed by atoms with Crippen LogP contribution in [-0.2, 0) is 0 Å². The molecule has 1 unspecified atom stereocenters. The van der Waals surface area contributed by atoms with E-state index in [2.05, 4.69) is 49.6 Å². The molecule has 1 aromatic heterocycles. The number of nitrogens with zero attached hydrogens (tertiary/aromatic N) is 1. The number of ether oxygens (including phenoxy) is 1. The highest BCUT2D eigenvalue weighted by atomic mass is 19.1. The highest BCUT2D eigenvalue weighted by molar-refractivity contribution is 5.97. The highest BCUT2D eigenvalue weighted by Crippen LogP contribution is 2.39. The number of carbonyl (C=O) groups is 1. The number of hydrogen-bond donors (Lipinski definition) is 0. The van der Waals surface area contributed by atoms with E-state index in [1.54, 1.807) is 19.2 Å². The summed E-state index contributed by atoms with van der Waals surface area (Å²) in [5.41, 5.74) is 5.07. The molecule has 0 saturated heterocycles. The minimum absolute atomic E-state index is 0.00854. The minimum Gasteiger partial charge on any atom is -0.497 e. The van der Waals surface area contributed by atoms with Crippen LogP contribution in [0.3, 0.4) is 0 Å². The lowest BCUT2D eigenvalue weighted by Crippen LogP contribution is -2.16. The van der Waals surface area contributed by atoms with Gasteiger partial charge in [0.05, 0.1) is 7.11 Å². The van der Waals surface area contributed by atoms with Crippen LogP contribution in [0.15, 0.2) is 72.8 Å². The first kappa shape index (κ1) is 21.8. The molecule has 0 N–H and O–H groups in total. The zero-order chi connectivity index (χ0) is 22.8. The van der Waals surface area contributed by atoms with E-state index in [0.29, 0.717) is 12.0 Å². The monoisotopic (exact) mass is 429 g/mol. The van der Waals surface area contributed by atoms with Gasteiger partial charge in [-0.25, -0.2) is 4.39 Å². The summed E-state index contributed by atoms with van der Waals surface area (Å²) in [5.74, 6) is 0.279. The third-order valence-electron chi connectivity index (χ3n) is 6.13. The number of hydrogen-bond acceptors (Lipinski definition) is 2. The maximum atomic E-state index is 13.4. The van der Waals surface area contributed by atoms with Crippen LogP contribution in [0.25, 0.3) is 10.9 Å². The van der Waals surface area contributed by atoms with E-state index in [9.17, 15) is 9.18 Å². The molecule has 0 radical (unpaired) electrons. The van der Waals surface area contributed by atoms with Gasteiger partial charge in [-0.3, -0.25) is 4.79 Å². The first-order valence-electron chi connectivity index (χ1n) is 10.9. The molecule has 0 aliphatic carbocycles. The number of para-hydroxylation sites is 1. The lowest BCUT2D eigenvalue weighted by Gasteiger charge is -2.24. The Balaban J connectivity index is 1.87. The summed E-state index contributed by atoms with van der Waals surface area (Å²) in [6.45, 7) is 6.47. The van der Waals surface area contributed by atoms with E-state index in [4.69, 9.17) is 4.74 Å². The van der Waals surface area contributed by atoms with Crippen LogP contribution in [0.4, 0.5) is 4.39 Å². The Labute approximate surface area is 188 Å². The number of rotatable bonds is 7. The zero-order valence-corrected chi connectivity index (χ0v) is 18.9. The third-order valence-corrected chi connectivity index (χ3v) is 6.13. The predicted molar refractivity (Wildman–Crippen MR) is 127 cm³/mol. The number of aromatic nitrogens is 1. The molecule has 4 rings (SSSR count). The summed E-state index contributed by atoms with van der Waals surface area (Å²) >= 11 is 0. The Bertz CT molecular complexity index is 1240. The van der Waals surface area contributed by atoms with Crippen molar-refractivity contribution in [2.24, 2.45) is 0 Å². The normalized spacial score (nSPS) is 12.3. The van der Waals surface area contributed by atoms with Crippen LogP contribution in [0, 0.1) is 12.7 Å². The standard InChI is InChI=1S/C28H28FNO2/c1-18(2)30-26-8-6-5-7-24(26)19(3)28(30)25(20-11-15-23(32-4)16-12-20)17-27(31)21-9-13-22(29)14-10-21/h5-16,18,25H,17H2,1-4H3. The summed E-state index contributed by atoms with van der Waals surface area (Å²) in [4.78, 5) is 13.3. The Kier molecular flexibility index (Phi) is 6.13. The van der Waals surface area contributed by atoms with Crippen molar-refractivity contribution >= 4 is 16.7 Å². The summed E-state index contributed by atoms with van der Waals surface area (Å²) in [5, 5.41) is 1.20. The second kappa shape index (κ2) is 8.99. The molecule has 0 fully saturated rings. The molecule has 0 aliphatic heterocycles. The van der Waals surface area contributed by atoms with Gasteiger partial charge in [-0.1, -0.05) is 30.3 Å². The number of Topliss-reactive ketones (excluding diaryl/α,β-unsaturated/α-hetero) is 1. The smallest absolute Gasteiger partial charge is 0.163 e. The molecule has 0 saturated carbocycles. The maximum Gasteiger partial charge on any atom is 0.163 e. The summed E-state index contributed by atoms with van der Waals surface area (Å²) in [7, 11) is 1.64. The van der Waals surface area contributed by atoms with Gasteiger partial charge in [0.2, 0.25) is 0 Å². The number of carbonyl (C=O) groups excluding carboxylic acids is 1. The van der Waals surface area contributed by atoms with Crippen LogP contribution in [0.1, 0.15) is 59.4 Å². The average molecular weight is 430 g/mol. The van der Waals surface area contributed by atoms with Crippen LogP contribution in [0.5, 0.6) is 5.75 Å². The van der Waals surface area contributed by atoms with E-state index in [1.807, 2.05) is 24.3 Å². The quantitative estimate of drug-likeness (QED) is 0.294. The summed E-state index contributed by atoms with van der Waals surface area (Å²) in [6, 6.07) is 22.3. The second-order valence-corrected chi connectivity index (χ2v) is 8.45. The van der Waals surface area contributed by atoms with Gasteiger partial charge < -0.3 is 9.30 Å². The number of methoxy groups -OCH3 is 1. The first-order chi connectivity index (χ1) is 15.4. The van der Waals surface area contributed by atoms with Gasteiger partial charge in [0.1, 0.15) is 11.6 Å². The van der Waals surface area contributed by atoms with Gasteiger partial charge in [-0.2, -0.15) is 0 Å². The van der Waals surface area contributed by atoms with Gasteiger partial charge in [0, 0.05) is 40.5 Å². The minimum atomic E-state index is -0.343. The van der Waals surface area contributed by atoms with E-state index >= 15 is 0 Å². The maximum absolute atomic E-state index is 13.4. The Hall–Kier alpha value is -3.40. The molecule has 3 nitrogen and oxygen atoms in total. The van der Waals surface area contributed by atoms with Crippen molar-refractivity contribution in [2.45, 2.75) is 39.2 Å². The Morgan fingerprint density at radius 3 is 2.25 bits per heavy atom. The van der Waals surface area contributed by atoms with Crippen molar-refractivity contribution in [3.8, 4) is 5.75 Å². The fraction of sp³-hybridized carbons (Fsp3) is 0.250. The number of benzene rings is 3. The largest absolute Gasteiger partial charge is 0.497 e. The Morgan fingerprint density at radius 1 is 0.969 bits per heavy atom. The van der Waals surface area contributed by atoms with Crippen molar-refractivity contribution < 1.29 is 13.9 Å². The van der Waals surface area contributed by atoms with Crippen LogP contribution < -0.4 is 4.74 Å². The number of fused-ring (bicyclic) bond motifs is 1. The molecule has 0 bridgehead atoms. The molecule has 164 valence electrons. The highest BCUT2D eigenvalue weighted by Gasteiger charge is 2.27. The molecule has 4 aromatic rings. The molecule has 4 heteroatoms. The van der Waals surface area contributed by atoms with Crippen molar-refractivity contribution in [3.63, 3.8) is 0 Å². The van der Waals surface area contributed by atoms with E-state index < -0.39 is 0 Å². The van der Waals surface area contributed by atoms with Gasteiger partial charge in [0.25, 0.3) is 0 Å². The second-order valence-electron chi connectivity index (χ2n) is 8.45. The van der Waals surface area contributed by atoms with Crippen molar-refractivity contribution in [1.82, 2.24) is 4.57 Å². The third kappa shape index (κ3) is 4.05. The first-order valence-corrected chi connectivity index (χ1v) is 10.9. The molecule has 1 atom stereocenters. The van der Waals surface area contributed by atoms with E-state index in [0.717, 1.165) is 17.0 Å². The van der Waals surface area contributed by atoms with Gasteiger partial charge >= 0.3 is 0 Å². The van der Waals surface area contributed by atoms with Gasteiger partial charge in [-0.15, -0.1) is 0 Å². The zero-order valence-electron chi connectivity index (χ0n) is 18.9. The molecule has 3 aromatic carbocycles. The summed E-state index contributed by atoms with van der Waals surface area (Å²) < 4.78 is 21.1. The van der Waals surface area contributed by atoms with E-state index in [-0.39, 0.29) is 23.6 Å². The molecule has 0 aliphatic rings. The van der Waals surface area contributed by atoms with Crippen molar-refractivity contribution in [2.75, 3.05) is 7.11 Å². The lowest BCUT2D eigenvalue weighted by molar-refractivity contribution is 0.0976. The van der Waals surface area contributed by atoms with Crippen LogP contribution >= 0.6 is 0 Å². The number of aryl methyl sites for hydroxylation is 1. The SMILES string of the molecule is COc1ccc(C(CC(=O)c2ccc(F)cc2)c2c(C)c3ccccc3n2C(C)C)cc1. The van der Waals surface area contributed by atoms with Crippen LogP contribution in [0.2, 0.25) is 0 Å². The van der Waals surface area contributed by atoms with Crippen molar-refractivity contribution in [3.05, 3.63) is 101 Å². The molecular formula is C28H28FNO2. The predicted octanol–water partition coefficient (Wildman–Crippen LogP) is 7.08. The van der Waals surface area contributed by atoms with Crippen molar-refractivity contribution in [1.29, 1.82) is 0 Å². The number of halogens is 1. The van der Waals surface area contributed by atoms with Crippen LogP contribution in [-0.4, -0.2) is 17.5 Å². The Morgan fingerprint density at radius 2 is 1.62 bits per heavy atom. The molecule has 1 heterocycles. The lowest BCUT2D eigenvalue weighted by atomic mass is 9.86. The molecule has 0 spiro atoms. The number of ketones is 1. The van der Waals surface area contributed by atoms with E-state index in [1.165, 1.54) is 28.6 Å². The van der Waals surface area contributed by atoms with Gasteiger partial charge in [-0.05, 0) is 74.4 Å².